The molecule has 2 nitrogen and oxygen atoms in total. The van der Waals surface area contributed by atoms with Crippen molar-refractivity contribution >= 4 is 7.28 Å². The molecule has 9 heavy (non-hydrogen) atoms. The average molecular weight is 125 g/mol. The van der Waals surface area contributed by atoms with E-state index in [2.05, 4.69) is 38.2 Å². The van der Waals surface area contributed by atoms with Gasteiger partial charge >= 0.3 is 0 Å². The molecule has 0 bridgehead atoms. The zero-order chi connectivity index (χ0) is 6.85. The van der Waals surface area contributed by atoms with Crippen molar-refractivity contribution in [1.82, 2.24) is 10.0 Å². The lowest BCUT2D eigenvalue weighted by molar-refractivity contribution is 0.0894. The molecule has 0 aromatic rings. The van der Waals surface area contributed by atoms with Crippen LogP contribution in [-0.4, -0.2) is 44.5 Å². The summed E-state index contributed by atoms with van der Waals surface area (Å²) in [7, 11) is 6.53. The van der Waals surface area contributed by atoms with Crippen molar-refractivity contribution in [2.24, 2.45) is 0 Å². The van der Waals surface area contributed by atoms with Crippen LogP contribution in [-0.2, 0) is 0 Å². The zero-order valence-corrected chi connectivity index (χ0v) is 6.46. The van der Waals surface area contributed by atoms with E-state index >= 15 is 0 Å². The Hall–Kier alpha value is -0.0151. The summed E-state index contributed by atoms with van der Waals surface area (Å²) in [6.07, 6.45) is 0. The molecule has 0 unspecified atom stereocenters. The summed E-state index contributed by atoms with van der Waals surface area (Å²) in [5.74, 6) is 0.778. The smallest absolute Gasteiger partial charge is 0.113 e. The maximum Gasteiger partial charge on any atom is 0.113 e. The monoisotopic (exact) mass is 125 g/mol. The third kappa shape index (κ3) is 1.46. The summed E-state index contributed by atoms with van der Waals surface area (Å²) in [6, 6.07) is 0. The van der Waals surface area contributed by atoms with Crippen molar-refractivity contribution in [2.45, 2.75) is 12.6 Å². The third-order valence-electron chi connectivity index (χ3n) is 2.05. The van der Waals surface area contributed by atoms with Crippen LogP contribution in [0.15, 0.2) is 0 Å². The van der Waals surface area contributed by atoms with Crippen molar-refractivity contribution in [3.63, 3.8) is 0 Å². The Bertz CT molecular complexity index is 87.1. The van der Waals surface area contributed by atoms with Crippen molar-refractivity contribution in [2.75, 3.05) is 27.2 Å². The molecule has 0 saturated carbocycles. The van der Waals surface area contributed by atoms with E-state index in [4.69, 9.17) is 0 Å². The van der Waals surface area contributed by atoms with Gasteiger partial charge < -0.3 is 0 Å². The van der Waals surface area contributed by atoms with Gasteiger partial charge in [-0.15, -0.1) is 0 Å². The predicted octanol–water partition coefficient (Wildman–Crippen LogP) is 0.319. The molecule has 3 heteroatoms. The van der Waals surface area contributed by atoms with Gasteiger partial charge in [0.25, 0.3) is 0 Å². The third-order valence-corrected chi connectivity index (χ3v) is 2.05. The highest BCUT2D eigenvalue weighted by Gasteiger charge is 2.22. The Balaban J connectivity index is 2.35. The van der Waals surface area contributed by atoms with Gasteiger partial charge in [0.1, 0.15) is 7.28 Å². The second-order valence-corrected chi connectivity index (χ2v) is 2.77. The summed E-state index contributed by atoms with van der Waals surface area (Å²) >= 11 is 0. The van der Waals surface area contributed by atoms with E-state index in [1.54, 1.807) is 0 Å². The highest BCUT2D eigenvalue weighted by Crippen LogP contribution is 2.15. The molecule has 0 aromatic carbocycles. The van der Waals surface area contributed by atoms with Gasteiger partial charge in [0, 0.05) is 27.2 Å². The Labute approximate surface area is 58.0 Å². The van der Waals surface area contributed by atoms with Crippen molar-refractivity contribution in [3.05, 3.63) is 0 Å². The summed E-state index contributed by atoms with van der Waals surface area (Å²) in [5.41, 5.74) is 0. The first-order valence-corrected chi connectivity index (χ1v) is 3.45. The molecule has 1 rings (SSSR count). The molecule has 0 N–H and O–H groups in total. The molecule has 0 spiro atoms. The Morgan fingerprint density at radius 1 is 1.22 bits per heavy atom. The van der Waals surface area contributed by atoms with Gasteiger partial charge in [-0.3, -0.25) is 0 Å². The maximum absolute atomic E-state index is 2.28. The molecule has 1 aliphatic heterocycles. The lowest BCUT2D eigenvalue weighted by Crippen LogP contribution is -2.28. The maximum atomic E-state index is 2.28. The second kappa shape index (κ2) is 2.71. The fraction of sp³-hybridized carbons (Fsp3) is 1.00. The molecule has 0 atom stereocenters. The Kier molecular flexibility index (Phi) is 2.14. The van der Waals surface area contributed by atoms with Gasteiger partial charge in [0.2, 0.25) is 0 Å². The first-order valence-electron chi connectivity index (χ1n) is 3.45. The number of hydrazine groups is 1. The van der Waals surface area contributed by atoms with Gasteiger partial charge in [-0.2, -0.15) is 0 Å². The molecular weight excluding hydrogens is 111 g/mol. The van der Waals surface area contributed by atoms with Crippen LogP contribution in [0.3, 0.4) is 0 Å². The predicted molar refractivity (Wildman–Crippen MR) is 40.6 cm³/mol. The molecule has 0 aliphatic carbocycles. The minimum atomic E-state index is 0.778. The van der Waals surface area contributed by atoms with E-state index in [-0.39, 0.29) is 0 Å². The van der Waals surface area contributed by atoms with Crippen LogP contribution in [0.4, 0.5) is 0 Å². The van der Waals surface area contributed by atoms with Gasteiger partial charge in [-0.25, -0.2) is 10.0 Å². The number of nitrogens with zero attached hydrogens (tertiary/aromatic N) is 2. The molecule has 1 fully saturated rings. The molecule has 1 heterocycles. The minimum Gasteiger partial charge on any atom is -0.246 e. The van der Waals surface area contributed by atoms with E-state index in [0.29, 0.717) is 0 Å². The highest BCUT2D eigenvalue weighted by atomic mass is 15.6. The zero-order valence-electron chi connectivity index (χ0n) is 6.46. The lowest BCUT2D eigenvalue weighted by Gasteiger charge is -2.17. The highest BCUT2D eigenvalue weighted by molar-refractivity contribution is 6.36. The Morgan fingerprint density at radius 3 is 1.89 bits per heavy atom. The number of hydrogen-bond donors (Lipinski definition) is 0. The van der Waals surface area contributed by atoms with E-state index in [0.717, 1.165) is 5.82 Å². The number of rotatable bonds is 1. The summed E-state index contributed by atoms with van der Waals surface area (Å²) in [4.78, 5) is 0. The molecule has 1 aliphatic rings. The first kappa shape index (κ1) is 7.10. The molecular formula is C6H14BN2. The van der Waals surface area contributed by atoms with Crippen molar-refractivity contribution in [1.29, 1.82) is 0 Å². The molecule has 0 aromatic heterocycles. The quantitative estimate of drug-likeness (QED) is 0.465. The van der Waals surface area contributed by atoms with Crippen LogP contribution in [0.1, 0.15) is 0 Å². The van der Waals surface area contributed by atoms with Gasteiger partial charge in [0.05, 0.1) is 0 Å². The minimum absolute atomic E-state index is 0.778. The van der Waals surface area contributed by atoms with E-state index < -0.39 is 0 Å². The normalized spacial score (nSPS) is 25.2. The van der Waals surface area contributed by atoms with Crippen LogP contribution in [0, 0.1) is 0 Å². The van der Waals surface area contributed by atoms with Crippen LogP contribution >= 0.6 is 0 Å². The summed E-state index contributed by atoms with van der Waals surface area (Å²) < 4.78 is 0. The van der Waals surface area contributed by atoms with Crippen LogP contribution in [0.5, 0.6) is 0 Å². The average Bonchev–Trinajstić information content (AvgIpc) is 2.13. The summed E-state index contributed by atoms with van der Waals surface area (Å²) in [5, 5.41) is 4.51. The van der Waals surface area contributed by atoms with E-state index in [9.17, 15) is 0 Å². The topological polar surface area (TPSA) is 6.48 Å². The van der Waals surface area contributed by atoms with Crippen LogP contribution < -0.4 is 0 Å². The summed E-state index contributed by atoms with van der Waals surface area (Å²) in [6.45, 7) is 4.51. The SMILES string of the molecule is C[B]C1CN(C)N(C)C1. The van der Waals surface area contributed by atoms with Gasteiger partial charge in [-0.05, 0) is 5.82 Å². The molecule has 1 saturated heterocycles. The van der Waals surface area contributed by atoms with Crippen molar-refractivity contribution < 1.29 is 0 Å². The Morgan fingerprint density at radius 2 is 1.67 bits per heavy atom. The van der Waals surface area contributed by atoms with Crippen molar-refractivity contribution in [3.8, 4) is 0 Å². The van der Waals surface area contributed by atoms with Crippen LogP contribution in [0.25, 0.3) is 0 Å². The molecule has 0 amide bonds. The second-order valence-electron chi connectivity index (χ2n) is 2.77. The van der Waals surface area contributed by atoms with E-state index in [1.165, 1.54) is 13.1 Å². The first-order chi connectivity index (χ1) is 4.24. The standard InChI is InChI=1S/C6H14BN2/c1-7-6-4-8(2)9(3)5-6/h6H,4-5H2,1-3H3. The van der Waals surface area contributed by atoms with Crippen LogP contribution in [0.2, 0.25) is 12.6 Å². The fourth-order valence-corrected chi connectivity index (χ4v) is 1.23. The largest absolute Gasteiger partial charge is 0.246 e. The lowest BCUT2D eigenvalue weighted by atomic mass is 9.67. The molecule has 1 radical (unpaired) electrons. The number of hydrogen-bond acceptors (Lipinski definition) is 2. The van der Waals surface area contributed by atoms with E-state index in [1.807, 2.05) is 0 Å². The van der Waals surface area contributed by atoms with Gasteiger partial charge in [-0.1, -0.05) is 6.82 Å². The molecule has 51 valence electrons. The fourth-order valence-electron chi connectivity index (χ4n) is 1.23. The van der Waals surface area contributed by atoms with Gasteiger partial charge in [0.15, 0.2) is 0 Å².